The number of halogens is 1. The van der Waals surface area contributed by atoms with Gasteiger partial charge in [0.2, 0.25) is 0 Å². The summed E-state index contributed by atoms with van der Waals surface area (Å²) >= 11 is 5.11. The molecule has 0 unspecified atom stereocenters. The van der Waals surface area contributed by atoms with Crippen LogP contribution in [0.1, 0.15) is 18.4 Å². The Morgan fingerprint density at radius 1 is 1.23 bits per heavy atom. The summed E-state index contributed by atoms with van der Waals surface area (Å²) in [6.45, 7) is 1.35. The lowest BCUT2D eigenvalue weighted by atomic mass is 10.2. The maximum Gasteiger partial charge on any atom is 0.262 e. The van der Waals surface area contributed by atoms with E-state index >= 15 is 0 Å². The molecule has 1 saturated heterocycles. The van der Waals surface area contributed by atoms with E-state index in [0.717, 1.165) is 40.3 Å². The maximum atomic E-state index is 13.0. The molecule has 1 aliphatic heterocycles. The molecule has 3 aromatic rings. The highest BCUT2D eigenvalue weighted by Crippen LogP contribution is 2.25. The lowest BCUT2D eigenvalue weighted by molar-refractivity contribution is 0.0937. The Bertz CT molecular complexity index is 983. The van der Waals surface area contributed by atoms with Crippen LogP contribution >= 0.6 is 27.7 Å². The van der Waals surface area contributed by atoms with Crippen LogP contribution in [0.2, 0.25) is 0 Å². The third kappa shape index (κ3) is 3.87. The summed E-state index contributed by atoms with van der Waals surface area (Å²) in [5.74, 6) is 0.760. The van der Waals surface area contributed by atoms with E-state index in [9.17, 15) is 4.79 Å². The Labute approximate surface area is 164 Å². The number of rotatable bonds is 5. The van der Waals surface area contributed by atoms with Crippen LogP contribution in [0, 0.1) is 0 Å². The monoisotopic (exact) mass is 430 g/mol. The highest BCUT2D eigenvalue weighted by Gasteiger charge is 2.20. The van der Waals surface area contributed by atoms with Crippen molar-refractivity contribution in [3.63, 3.8) is 0 Å². The van der Waals surface area contributed by atoms with Gasteiger partial charge in [-0.1, -0.05) is 52.0 Å². The normalized spacial score (nSPS) is 17.0. The van der Waals surface area contributed by atoms with Crippen molar-refractivity contribution in [2.45, 2.75) is 36.4 Å². The average Bonchev–Trinajstić information content (AvgIpc) is 3.16. The van der Waals surface area contributed by atoms with E-state index < -0.39 is 0 Å². The first kappa shape index (κ1) is 17.8. The second kappa shape index (κ2) is 7.94. The molecule has 2 aromatic carbocycles. The molecule has 1 aromatic heterocycles. The number of para-hydroxylation sites is 1. The number of hydrogen-bond donors (Lipinski definition) is 0. The third-order valence-electron chi connectivity index (χ3n) is 4.49. The van der Waals surface area contributed by atoms with E-state index in [2.05, 4.69) is 28.1 Å². The first-order valence-corrected chi connectivity index (χ1v) is 10.5. The van der Waals surface area contributed by atoms with Gasteiger partial charge in [0, 0.05) is 16.8 Å². The molecule has 0 spiro atoms. The van der Waals surface area contributed by atoms with Crippen LogP contribution in [0.4, 0.5) is 0 Å². The Balaban J connectivity index is 1.69. The van der Waals surface area contributed by atoms with Crippen LogP contribution in [0.3, 0.4) is 0 Å². The smallest absolute Gasteiger partial charge is 0.262 e. The molecule has 0 bridgehead atoms. The lowest BCUT2D eigenvalue weighted by Crippen LogP contribution is -2.28. The predicted molar refractivity (Wildman–Crippen MR) is 109 cm³/mol. The summed E-state index contributed by atoms with van der Waals surface area (Å²) < 4.78 is 8.60. The minimum atomic E-state index is 0.0165. The highest BCUT2D eigenvalue weighted by atomic mass is 79.9. The standard InChI is InChI=1S/C20H19BrN2O2S/c21-15-6-3-5-14(11-15)13-26-20-22-18-9-2-1-8-17(18)19(24)23(20)12-16-7-4-10-25-16/h1-3,5-6,8-9,11,16H,4,7,10,12-13H2/t16-/m0/s1. The van der Waals surface area contributed by atoms with Gasteiger partial charge >= 0.3 is 0 Å². The van der Waals surface area contributed by atoms with Crippen molar-refractivity contribution in [2.24, 2.45) is 0 Å². The molecule has 0 amide bonds. The van der Waals surface area contributed by atoms with Gasteiger partial charge in [0.25, 0.3) is 5.56 Å². The minimum Gasteiger partial charge on any atom is -0.376 e. The van der Waals surface area contributed by atoms with Crippen molar-refractivity contribution in [3.05, 3.63) is 68.9 Å². The number of aromatic nitrogens is 2. The summed E-state index contributed by atoms with van der Waals surface area (Å²) in [5, 5.41) is 1.42. The zero-order valence-corrected chi connectivity index (χ0v) is 16.6. The molecule has 4 rings (SSSR count). The predicted octanol–water partition coefficient (Wildman–Crippen LogP) is 4.63. The molecule has 1 atom stereocenters. The maximum absolute atomic E-state index is 13.0. The molecule has 26 heavy (non-hydrogen) atoms. The van der Waals surface area contributed by atoms with E-state index in [1.165, 1.54) is 5.56 Å². The van der Waals surface area contributed by atoms with Crippen LogP contribution in [-0.4, -0.2) is 22.3 Å². The summed E-state index contributed by atoms with van der Waals surface area (Å²) in [5.41, 5.74) is 1.95. The third-order valence-corrected chi connectivity index (χ3v) is 6.03. The van der Waals surface area contributed by atoms with Crippen LogP contribution in [-0.2, 0) is 17.0 Å². The van der Waals surface area contributed by atoms with Gasteiger partial charge in [-0.15, -0.1) is 0 Å². The van der Waals surface area contributed by atoms with E-state index in [1.54, 1.807) is 16.3 Å². The summed E-state index contributed by atoms with van der Waals surface area (Å²) in [7, 11) is 0. The van der Waals surface area contributed by atoms with Crippen molar-refractivity contribution in [1.29, 1.82) is 0 Å². The van der Waals surface area contributed by atoms with Gasteiger partial charge in [0.15, 0.2) is 5.16 Å². The van der Waals surface area contributed by atoms with E-state index in [4.69, 9.17) is 9.72 Å². The molecule has 134 valence electrons. The first-order chi connectivity index (χ1) is 12.7. The van der Waals surface area contributed by atoms with Gasteiger partial charge in [0.1, 0.15) is 0 Å². The number of nitrogens with zero attached hydrogens (tertiary/aromatic N) is 2. The minimum absolute atomic E-state index is 0.0165. The van der Waals surface area contributed by atoms with Gasteiger partial charge in [0.05, 0.1) is 23.6 Å². The Hall–Kier alpha value is -1.63. The first-order valence-electron chi connectivity index (χ1n) is 8.69. The molecule has 0 N–H and O–H groups in total. The number of hydrogen-bond acceptors (Lipinski definition) is 4. The summed E-state index contributed by atoms with van der Waals surface area (Å²) in [6, 6.07) is 15.8. The Morgan fingerprint density at radius 2 is 2.12 bits per heavy atom. The molecule has 2 heterocycles. The second-order valence-corrected chi connectivity index (χ2v) is 8.24. The van der Waals surface area contributed by atoms with Crippen molar-refractivity contribution >= 4 is 38.6 Å². The largest absolute Gasteiger partial charge is 0.376 e. The second-order valence-electron chi connectivity index (χ2n) is 6.38. The number of thioether (sulfide) groups is 1. The van der Waals surface area contributed by atoms with Crippen LogP contribution in [0.5, 0.6) is 0 Å². The van der Waals surface area contributed by atoms with Crippen molar-refractivity contribution in [1.82, 2.24) is 9.55 Å². The number of ether oxygens (including phenoxy) is 1. The molecular weight excluding hydrogens is 412 g/mol. The molecule has 1 fully saturated rings. The number of benzene rings is 2. The molecule has 0 radical (unpaired) electrons. The topological polar surface area (TPSA) is 44.1 Å². The Morgan fingerprint density at radius 3 is 2.92 bits per heavy atom. The van der Waals surface area contributed by atoms with Crippen molar-refractivity contribution < 1.29 is 4.74 Å². The fourth-order valence-electron chi connectivity index (χ4n) is 3.19. The lowest BCUT2D eigenvalue weighted by Gasteiger charge is -2.16. The van der Waals surface area contributed by atoms with Crippen molar-refractivity contribution in [2.75, 3.05) is 6.61 Å². The van der Waals surface area contributed by atoms with E-state index in [0.29, 0.717) is 11.9 Å². The average molecular weight is 431 g/mol. The zero-order valence-electron chi connectivity index (χ0n) is 14.2. The molecule has 4 nitrogen and oxygen atoms in total. The summed E-state index contributed by atoms with van der Waals surface area (Å²) in [4.78, 5) is 17.8. The summed E-state index contributed by atoms with van der Waals surface area (Å²) in [6.07, 6.45) is 2.15. The van der Waals surface area contributed by atoms with Gasteiger partial charge in [-0.05, 0) is 42.7 Å². The van der Waals surface area contributed by atoms with Crippen LogP contribution < -0.4 is 5.56 Å². The molecular formula is C20H19BrN2O2S. The molecule has 0 aliphatic carbocycles. The van der Waals surface area contributed by atoms with Crippen LogP contribution in [0.25, 0.3) is 10.9 Å². The van der Waals surface area contributed by atoms with Gasteiger partial charge in [-0.2, -0.15) is 0 Å². The van der Waals surface area contributed by atoms with E-state index in [-0.39, 0.29) is 11.7 Å². The van der Waals surface area contributed by atoms with Gasteiger partial charge < -0.3 is 4.74 Å². The fraction of sp³-hybridized carbons (Fsp3) is 0.300. The highest BCUT2D eigenvalue weighted by molar-refractivity contribution is 9.10. The van der Waals surface area contributed by atoms with Gasteiger partial charge in [-0.3, -0.25) is 9.36 Å². The SMILES string of the molecule is O=c1c2ccccc2nc(SCc2cccc(Br)c2)n1C[C@@H]1CCCO1. The molecule has 6 heteroatoms. The van der Waals surface area contributed by atoms with E-state index in [1.807, 2.05) is 36.4 Å². The van der Waals surface area contributed by atoms with Crippen molar-refractivity contribution in [3.8, 4) is 0 Å². The Kier molecular flexibility index (Phi) is 5.43. The van der Waals surface area contributed by atoms with Gasteiger partial charge in [-0.25, -0.2) is 4.98 Å². The van der Waals surface area contributed by atoms with Crippen LogP contribution in [0.15, 0.2) is 63.0 Å². The quantitative estimate of drug-likeness (QED) is 0.437. The zero-order chi connectivity index (χ0) is 17.9. The molecule has 1 aliphatic rings. The number of fused-ring (bicyclic) bond motifs is 1. The molecule has 0 saturated carbocycles. The fourth-order valence-corrected chi connectivity index (χ4v) is 4.58.